The highest BCUT2D eigenvalue weighted by Crippen LogP contribution is 2.25. The maximum Gasteiger partial charge on any atom is 0.340 e. The molecule has 0 spiro atoms. The van der Waals surface area contributed by atoms with E-state index < -0.39 is 24.9 Å². The van der Waals surface area contributed by atoms with Crippen molar-refractivity contribution in [1.82, 2.24) is 19.6 Å². The van der Waals surface area contributed by atoms with Gasteiger partial charge in [0, 0.05) is 18.1 Å². The van der Waals surface area contributed by atoms with Crippen molar-refractivity contribution in [2.24, 2.45) is 0 Å². The second kappa shape index (κ2) is 6.94. The van der Waals surface area contributed by atoms with Crippen LogP contribution in [0.5, 0.6) is 5.75 Å². The van der Waals surface area contributed by atoms with Gasteiger partial charge in [0.1, 0.15) is 5.75 Å². The van der Waals surface area contributed by atoms with Crippen molar-refractivity contribution in [3.05, 3.63) is 48.5 Å². The van der Waals surface area contributed by atoms with Gasteiger partial charge < -0.3 is 10.1 Å². The molecule has 0 saturated heterocycles. The van der Waals surface area contributed by atoms with Crippen LogP contribution in [0.1, 0.15) is 10.6 Å². The lowest BCUT2D eigenvalue weighted by Gasteiger charge is -2.16. The van der Waals surface area contributed by atoms with Gasteiger partial charge in [0.2, 0.25) is 5.82 Å². The maximum absolute atomic E-state index is 12.8. The molecule has 26 heavy (non-hydrogen) atoms. The number of rotatable bonds is 6. The van der Waals surface area contributed by atoms with Crippen molar-refractivity contribution < 1.29 is 27.1 Å². The van der Waals surface area contributed by atoms with Crippen molar-refractivity contribution in [2.75, 3.05) is 11.9 Å². The number of amides is 1. The molecular formula is C15H11F4N5O2. The minimum absolute atomic E-state index is 0.0432. The third-order valence-electron chi connectivity index (χ3n) is 3.18. The molecule has 2 heterocycles. The summed E-state index contributed by atoms with van der Waals surface area (Å²) in [6, 6.07) is 6.87. The Morgan fingerprint density at radius 1 is 1.27 bits per heavy atom. The first-order valence-electron chi connectivity index (χ1n) is 7.23. The number of aromatic nitrogens is 4. The number of hydrogen-bond donors (Lipinski definition) is 1. The molecular weight excluding hydrogens is 358 g/mol. The molecule has 0 bridgehead atoms. The third-order valence-corrected chi connectivity index (χ3v) is 3.18. The molecule has 2 aromatic heterocycles. The van der Waals surface area contributed by atoms with Crippen LogP contribution in [0.3, 0.4) is 0 Å². The average molecular weight is 369 g/mol. The summed E-state index contributed by atoms with van der Waals surface area (Å²) in [6.07, 6.45) is -0.733. The van der Waals surface area contributed by atoms with Crippen LogP contribution >= 0.6 is 0 Å². The first-order chi connectivity index (χ1) is 12.3. The lowest BCUT2D eigenvalue weighted by molar-refractivity contribution is -0.148. The first-order valence-corrected chi connectivity index (χ1v) is 7.23. The van der Waals surface area contributed by atoms with E-state index >= 15 is 0 Å². The minimum atomic E-state index is -4.24. The van der Waals surface area contributed by atoms with Gasteiger partial charge >= 0.3 is 12.3 Å². The Kier molecular flexibility index (Phi) is 4.69. The van der Waals surface area contributed by atoms with Crippen molar-refractivity contribution in [2.45, 2.75) is 12.3 Å². The fourth-order valence-electron chi connectivity index (χ4n) is 1.89. The van der Waals surface area contributed by atoms with E-state index in [1.165, 1.54) is 35.0 Å². The van der Waals surface area contributed by atoms with Crippen LogP contribution in [0.4, 0.5) is 23.2 Å². The predicted octanol–water partition coefficient (Wildman–Crippen LogP) is 2.66. The number of halogens is 4. The highest BCUT2D eigenvalue weighted by molar-refractivity contribution is 6.01. The predicted molar refractivity (Wildman–Crippen MR) is 81.6 cm³/mol. The van der Waals surface area contributed by atoms with Gasteiger partial charge in [-0.2, -0.15) is 13.8 Å². The summed E-state index contributed by atoms with van der Waals surface area (Å²) in [7, 11) is 0. The number of ether oxygens (including phenoxy) is 1. The molecule has 1 N–H and O–H groups in total. The molecule has 0 aliphatic rings. The van der Waals surface area contributed by atoms with E-state index in [4.69, 9.17) is 0 Å². The molecule has 0 unspecified atom stereocenters. The quantitative estimate of drug-likeness (QED) is 0.676. The number of carbonyl (C=O) groups is 1. The molecule has 1 amide bonds. The molecule has 1 aromatic carbocycles. The van der Waals surface area contributed by atoms with E-state index in [1.54, 1.807) is 12.3 Å². The Hall–Kier alpha value is -3.24. The number of anilines is 1. The van der Waals surface area contributed by atoms with E-state index in [1.807, 2.05) is 0 Å². The second-order valence-electron chi connectivity index (χ2n) is 5.13. The van der Waals surface area contributed by atoms with E-state index in [9.17, 15) is 22.4 Å². The smallest absolute Gasteiger partial charge is 0.340 e. The van der Waals surface area contributed by atoms with E-state index in [2.05, 4.69) is 25.1 Å². The molecule has 0 aliphatic carbocycles. The van der Waals surface area contributed by atoms with Crippen LogP contribution in [-0.2, 0) is 0 Å². The third kappa shape index (κ3) is 3.87. The van der Waals surface area contributed by atoms with Crippen molar-refractivity contribution in [3.8, 4) is 5.75 Å². The Bertz CT molecular complexity index is 881. The maximum atomic E-state index is 12.8. The lowest BCUT2D eigenvalue weighted by Crippen LogP contribution is -2.33. The number of nitrogens with zero attached hydrogens (tertiary/aromatic N) is 4. The van der Waals surface area contributed by atoms with Gasteiger partial charge in [-0.15, -0.1) is 5.10 Å². The van der Waals surface area contributed by atoms with Crippen LogP contribution in [0.2, 0.25) is 0 Å². The molecule has 0 aliphatic heterocycles. The van der Waals surface area contributed by atoms with Gasteiger partial charge in [0.05, 0.1) is 0 Å². The summed E-state index contributed by atoms with van der Waals surface area (Å²) >= 11 is 0. The molecule has 3 aromatic rings. The Balaban J connectivity index is 1.62. The van der Waals surface area contributed by atoms with Gasteiger partial charge in [0.15, 0.2) is 6.61 Å². The van der Waals surface area contributed by atoms with E-state index in [0.717, 1.165) is 0 Å². The summed E-state index contributed by atoms with van der Waals surface area (Å²) < 4.78 is 55.7. The van der Waals surface area contributed by atoms with Gasteiger partial charge in [-0.3, -0.25) is 4.79 Å². The largest absolute Gasteiger partial charge is 0.487 e. The lowest BCUT2D eigenvalue weighted by atomic mass is 10.3. The molecule has 0 radical (unpaired) electrons. The molecule has 11 heteroatoms. The summed E-state index contributed by atoms with van der Waals surface area (Å²) in [5.41, 5.74) is 0.315. The van der Waals surface area contributed by atoms with Crippen molar-refractivity contribution >= 4 is 17.4 Å². The SMILES string of the molecule is O=C(Nc1ccc(OCC(F)(F)C(F)F)cc1)c1nc2ncccn2n1. The number of benzene rings is 1. The number of nitrogens with one attached hydrogen (secondary N) is 1. The highest BCUT2D eigenvalue weighted by Gasteiger charge is 2.41. The van der Waals surface area contributed by atoms with E-state index in [0.29, 0.717) is 5.69 Å². The highest BCUT2D eigenvalue weighted by atomic mass is 19.3. The Labute approximate surface area is 143 Å². The normalized spacial score (nSPS) is 11.7. The van der Waals surface area contributed by atoms with Crippen LogP contribution in [0.25, 0.3) is 5.78 Å². The number of fused-ring (bicyclic) bond motifs is 1. The number of carbonyl (C=O) groups excluding carboxylic acids is 1. The monoisotopic (exact) mass is 369 g/mol. The Morgan fingerprint density at radius 2 is 2.00 bits per heavy atom. The van der Waals surface area contributed by atoms with Gasteiger partial charge in [-0.1, -0.05) is 0 Å². The fraction of sp³-hybridized carbons (Fsp3) is 0.200. The standard InChI is InChI=1S/C15H11F4N5O2/c16-13(17)15(18,19)8-26-10-4-2-9(3-5-10)21-12(25)11-22-14-20-6-1-7-24(14)23-11/h1-7,13H,8H2,(H,21,25). The van der Waals surface area contributed by atoms with Gasteiger partial charge in [-0.25, -0.2) is 18.3 Å². The zero-order chi connectivity index (χ0) is 18.7. The molecule has 136 valence electrons. The molecule has 7 nitrogen and oxygen atoms in total. The zero-order valence-corrected chi connectivity index (χ0v) is 12.9. The van der Waals surface area contributed by atoms with Crippen LogP contribution in [0, 0.1) is 0 Å². The summed E-state index contributed by atoms with van der Waals surface area (Å²) in [4.78, 5) is 20.0. The van der Waals surface area contributed by atoms with Crippen LogP contribution in [0.15, 0.2) is 42.7 Å². The van der Waals surface area contributed by atoms with Crippen LogP contribution in [-0.4, -0.2) is 44.4 Å². The fourth-order valence-corrected chi connectivity index (χ4v) is 1.89. The summed E-state index contributed by atoms with van der Waals surface area (Å²) in [5.74, 6) is -4.75. The van der Waals surface area contributed by atoms with Crippen molar-refractivity contribution in [3.63, 3.8) is 0 Å². The molecule has 0 atom stereocenters. The average Bonchev–Trinajstić information content (AvgIpc) is 3.05. The van der Waals surface area contributed by atoms with Crippen LogP contribution < -0.4 is 10.1 Å². The minimum Gasteiger partial charge on any atom is -0.487 e. The Morgan fingerprint density at radius 3 is 2.65 bits per heavy atom. The van der Waals surface area contributed by atoms with E-state index in [-0.39, 0.29) is 17.4 Å². The van der Waals surface area contributed by atoms with Gasteiger partial charge in [-0.05, 0) is 30.3 Å². The van der Waals surface area contributed by atoms with Gasteiger partial charge in [0.25, 0.3) is 11.7 Å². The molecule has 0 saturated carbocycles. The first kappa shape index (κ1) is 17.6. The summed E-state index contributed by atoms with van der Waals surface area (Å²) in [6.45, 7) is -1.45. The molecule has 3 rings (SSSR count). The number of alkyl halides is 4. The zero-order valence-electron chi connectivity index (χ0n) is 12.9. The number of hydrogen-bond acceptors (Lipinski definition) is 5. The summed E-state index contributed by atoms with van der Waals surface area (Å²) in [5, 5.41) is 6.46. The molecule has 0 fully saturated rings. The topological polar surface area (TPSA) is 81.4 Å². The second-order valence-corrected chi connectivity index (χ2v) is 5.13. The van der Waals surface area contributed by atoms with Crippen molar-refractivity contribution in [1.29, 1.82) is 0 Å².